The van der Waals surface area contributed by atoms with Crippen molar-refractivity contribution < 1.29 is 32.8 Å². The van der Waals surface area contributed by atoms with Gasteiger partial charge in [0.2, 0.25) is 0 Å². The zero-order valence-electron chi connectivity index (χ0n) is 11.7. The Morgan fingerprint density at radius 3 is 2.43 bits per heavy atom. The van der Waals surface area contributed by atoms with Gasteiger partial charge in [-0.15, -0.1) is 0 Å². The van der Waals surface area contributed by atoms with Crippen LogP contribution in [0.15, 0.2) is 17.8 Å². The Morgan fingerprint density at radius 1 is 1.35 bits per heavy atom. The molecule has 1 N–H and O–H groups in total. The summed E-state index contributed by atoms with van der Waals surface area (Å²) in [7, 11) is 1.96. The van der Waals surface area contributed by atoms with Crippen molar-refractivity contribution in [2.24, 2.45) is 0 Å². The normalized spacial score (nSPS) is 10.9. The molecule has 1 rings (SSSR count). The van der Waals surface area contributed by atoms with E-state index in [9.17, 15) is 28.5 Å². The van der Waals surface area contributed by atoms with E-state index in [0.717, 1.165) is 14.2 Å². The predicted octanol–water partition coefficient (Wildman–Crippen LogP) is 2.17. The van der Waals surface area contributed by atoms with Crippen LogP contribution in [0.2, 0.25) is 5.02 Å². The highest BCUT2D eigenvalue weighted by Crippen LogP contribution is 2.35. The topological polar surface area (TPSA) is 108 Å². The number of benzene rings is 1. The van der Waals surface area contributed by atoms with Gasteiger partial charge in [-0.25, -0.2) is 18.4 Å². The molecule has 0 radical (unpaired) electrons. The summed E-state index contributed by atoms with van der Waals surface area (Å²) in [5.41, 5.74) is -2.63. The second kappa shape index (κ2) is 7.49. The maximum Gasteiger partial charge on any atom is 0.354 e. The first kappa shape index (κ1) is 18.3. The molecule has 0 heterocycles. The minimum absolute atomic E-state index is 0.362. The second-order valence-electron chi connectivity index (χ2n) is 3.84. The molecule has 1 aromatic rings. The quantitative estimate of drug-likeness (QED) is 0.285. The largest absolute Gasteiger partial charge is 0.466 e. The number of esters is 2. The number of hydrogen-bond donors (Lipinski definition) is 1. The number of ether oxygens (including phenoxy) is 2. The summed E-state index contributed by atoms with van der Waals surface area (Å²) in [5.74, 6) is -5.05. The van der Waals surface area contributed by atoms with Crippen LogP contribution in [0.5, 0.6) is 0 Å². The number of methoxy groups -OCH3 is 2. The molecule has 0 fully saturated rings. The van der Waals surface area contributed by atoms with Crippen LogP contribution < -0.4 is 5.32 Å². The fraction of sp³-hybridized carbons (Fsp3) is 0.167. The lowest BCUT2D eigenvalue weighted by Crippen LogP contribution is -2.17. The van der Waals surface area contributed by atoms with Gasteiger partial charge < -0.3 is 14.8 Å². The van der Waals surface area contributed by atoms with E-state index in [2.05, 4.69) is 9.47 Å². The van der Waals surface area contributed by atoms with E-state index in [0.29, 0.717) is 12.1 Å². The Balaban J connectivity index is 3.47. The highest BCUT2D eigenvalue weighted by molar-refractivity contribution is 6.31. The summed E-state index contributed by atoms with van der Waals surface area (Å²) in [6.45, 7) is 0. The van der Waals surface area contributed by atoms with Crippen molar-refractivity contribution in [3.8, 4) is 0 Å². The number of rotatable bonds is 5. The lowest BCUT2D eigenvalue weighted by atomic mass is 10.2. The molecule has 0 aliphatic carbocycles. The van der Waals surface area contributed by atoms with Crippen LogP contribution in [0.1, 0.15) is 0 Å². The van der Waals surface area contributed by atoms with Gasteiger partial charge in [-0.3, -0.25) is 10.1 Å². The van der Waals surface area contributed by atoms with E-state index in [1.807, 2.05) is 5.32 Å². The Kier molecular flexibility index (Phi) is 5.96. The first-order valence-electron chi connectivity index (χ1n) is 5.69. The van der Waals surface area contributed by atoms with Crippen molar-refractivity contribution >= 4 is 34.9 Å². The number of hydrogen-bond acceptors (Lipinski definition) is 7. The van der Waals surface area contributed by atoms with Crippen LogP contribution in [0.3, 0.4) is 0 Å². The van der Waals surface area contributed by atoms with Crippen molar-refractivity contribution in [3.05, 3.63) is 44.6 Å². The molecule has 0 saturated carbocycles. The van der Waals surface area contributed by atoms with Crippen LogP contribution in [0, 0.1) is 21.7 Å². The number of nitro benzene ring substituents is 1. The van der Waals surface area contributed by atoms with Gasteiger partial charge >= 0.3 is 11.9 Å². The molecule has 124 valence electrons. The number of carbonyl (C=O) groups excluding carboxylic acids is 2. The van der Waals surface area contributed by atoms with Crippen LogP contribution in [-0.2, 0) is 19.1 Å². The first-order valence-corrected chi connectivity index (χ1v) is 6.07. The molecule has 23 heavy (non-hydrogen) atoms. The number of nitro groups is 1. The third-order valence-electron chi connectivity index (χ3n) is 2.47. The minimum atomic E-state index is -1.52. The van der Waals surface area contributed by atoms with E-state index >= 15 is 0 Å². The Labute approximate surface area is 132 Å². The number of halogens is 3. The molecular formula is C12H9ClF2N2O6. The molecule has 0 spiro atoms. The van der Waals surface area contributed by atoms with Crippen LogP contribution in [-0.4, -0.2) is 31.1 Å². The third kappa shape index (κ3) is 4.13. The zero-order chi connectivity index (χ0) is 17.7. The average molecular weight is 351 g/mol. The molecule has 0 aliphatic heterocycles. The fourth-order valence-corrected chi connectivity index (χ4v) is 1.56. The summed E-state index contributed by atoms with van der Waals surface area (Å²) in [6, 6.07) is 0.362. The summed E-state index contributed by atoms with van der Waals surface area (Å²) in [5, 5.41) is 11.9. The standard InChI is InChI=1S/C12H9ClF2N2O6/c1-22-8(18)4-6(12(19)23-2)16-11-7(17(20)21)3-5(14)9(13)10(11)15/h3-4,16H,1-2H3/b6-4+. The average Bonchev–Trinajstić information content (AvgIpc) is 2.52. The van der Waals surface area contributed by atoms with Gasteiger partial charge in [-0.1, -0.05) is 11.6 Å². The van der Waals surface area contributed by atoms with E-state index in [1.54, 1.807) is 0 Å². The molecule has 0 bridgehead atoms. The van der Waals surface area contributed by atoms with E-state index in [4.69, 9.17) is 11.6 Å². The summed E-state index contributed by atoms with van der Waals surface area (Å²) < 4.78 is 36.0. The number of nitrogens with zero attached hydrogens (tertiary/aromatic N) is 1. The molecular weight excluding hydrogens is 342 g/mol. The van der Waals surface area contributed by atoms with Gasteiger partial charge in [0, 0.05) is 0 Å². The van der Waals surface area contributed by atoms with E-state index < -0.39 is 50.6 Å². The van der Waals surface area contributed by atoms with Crippen LogP contribution >= 0.6 is 11.6 Å². The molecule has 0 aliphatic rings. The molecule has 0 amide bonds. The molecule has 0 saturated heterocycles. The number of anilines is 1. The zero-order valence-corrected chi connectivity index (χ0v) is 12.4. The van der Waals surface area contributed by atoms with Crippen LogP contribution in [0.4, 0.5) is 20.2 Å². The molecule has 0 atom stereocenters. The highest BCUT2D eigenvalue weighted by atomic mass is 35.5. The lowest BCUT2D eigenvalue weighted by molar-refractivity contribution is -0.384. The van der Waals surface area contributed by atoms with Crippen molar-refractivity contribution in [3.63, 3.8) is 0 Å². The third-order valence-corrected chi connectivity index (χ3v) is 2.81. The Morgan fingerprint density at radius 2 is 1.96 bits per heavy atom. The summed E-state index contributed by atoms with van der Waals surface area (Å²) >= 11 is 5.35. The second-order valence-corrected chi connectivity index (χ2v) is 4.21. The van der Waals surface area contributed by atoms with Gasteiger partial charge in [-0.2, -0.15) is 0 Å². The maximum atomic E-state index is 14.0. The van der Waals surface area contributed by atoms with Gasteiger partial charge in [0.1, 0.15) is 10.7 Å². The van der Waals surface area contributed by atoms with Crippen molar-refractivity contribution in [1.29, 1.82) is 0 Å². The SMILES string of the molecule is COC(=O)/C=C(/Nc1c([N+](=O)[O-])cc(F)c(Cl)c1F)C(=O)OC. The Hall–Kier alpha value is -2.75. The summed E-state index contributed by atoms with van der Waals surface area (Å²) in [4.78, 5) is 32.5. The molecule has 0 unspecified atom stereocenters. The minimum Gasteiger partial charge on any atom is -0.466 e. The predicted molar refractivity (Wildman–Crippen MR) is 73.8 cm³/mol. The van der Waals surface area contributed by atoms with E-state index in [-0.39, 0.29) is 0 Å². The van der Waals surface area contributed by atoms with Gasteiger partial charge in [-0.05, 0) is 0 Å². The van der Waals surface area contributed by atoms with Gasteiger partial charge in [0.05, 0.1) is 31.3 Å². The molecule has 0 aromatic heterocycles. The monoisotopic (exact) mass is 350 g/mol. The highest BCUT2D eigenvalue weighted by Gasteiger charge is 2.27. The van der Waals surface area contributed by atoms with Gasteiger partial charge in [0.15, 0.2) is 17.3 Å². The fourth-order valence-electron chi connectivity index (χ4n) is 1.41. The summed E-state index contributed by atoms with van der Waals surface area (Å²) in [6.07, 6.45) is 0.576. The lowest BCUT2D eigenvalue weighted by Gasteiger charge is -2.11. The van der Waals surface area contributed by atoms with Gasteiger partial charge in [0.25, 0.3) is 5.69 Å². The van der Waals surface area contributed by atoms with E-state index in [1.165, 1.54) is 0 Å². The maximum absolute atomic E-state index is 14.0. The molecule has 1 aromatic carbocycles. The van der Waals surface area contributed by atoms with Crippen molar-refractivity contribution in [1.82, 2.24) is 0 Å². The number of nitrogens with one attached hydrogen (secondary N) is 1. The van der Waals surface area contributed by atoms with Crippen molar-refractivity contribution in [2.45, 2.75) is 0 Å². The smallest absolute Gasteiger partial charge is 0.354 e. The Bertz CT molecular complexity index is 707. The van der Waals surface area contributed by atoms with Crippen LogP contribution in [0.25, 0.3) is 0 Å². The van der Waals surface area contributed by atoms with Crippen molar-refractivity contribution in [2.75, 3.05) is 19.5 Å². The number of carbonyl (C=O) groups is 2. The molecule has 8 nitrogen and oxygen atoms in total. The molecule has 11 heteroatoms. The first-order chi connectivity index (χ1) is 10.7.